The molecule has 0 atom stereocenters. The van der Waals surface area contributed by atoms with Crippen molar-refractivity contribution >= 4 is 49.4 Å². The number of halogens is 1. The molecular weight excluding hydrogens is 435 g/mol. The van der Waals surface area contributed by atoms with Gasteiger partial charge in [-0.1, -0.05) is 0 Å². The predicted octanol–water partition coefficient (Wildman–Crippen LogP) is 4.57. The zero-order valence-electron chi connectivity index (χ0n) is 12.1. The zero-order valence-corrected chi connectivity index (χ0v) is 16.6. The number of nitrogens with zero attached hydrogens (tertiary/aromatic N) is 4. The molecular formula is C15H15BrN4Sn. The van der Waals surface area contributed by atoms with E-state index in [1.165, 1.54) is 3.71 Å². The Morgan fingerprint density at radius 2 is 1.48 bits per heavy atom. The second-order valence-electron chi connectivity index (χ2n) is 5.21. The van der Waals surface area contributed by atoms with Crippen molar-refractivity contribution in [3.05, 3.63) is 64.1 Å². The Kier molecular flexibility index (Phi) is 6.80. The van der Waals surface area contributed by atoms with Gasteiger partial charge < -0.3 is 0 Å². The molecule has 0 aromatic carbocycles. The van der Waals surface area contributed by atoms with E-state index in [9.17, 15) is 0 Å². The first-order chi connectivity index (χ1) is 9.86. The Bertz CT molecular complexity index is 696. The van der Waals surface area contributed by atoms with Crippen LogP contribution in [0.3, 0.4) is 0 Å². The van der Waals surface area contributed by atoms with E-state index in [1.807, 2.05) is 6.07 Å². The van der Waals surface area contributed by atoms with E-state index < -0.39 is 18.4 Å². The number of hydrogen-bond donors (Lipinski definition) is 0. The maximum atomic E-state index is 6.87. The van der Waals surface area contributed by atoms with E-state index in [0.717, 1.165) is 0 Å². The molecule has 0 fully saturated rings. The number of hydrogen-bond acceptors (Lipinski definition) is 2. The molecule has 0 amide bonds. The van der Waals surface area contributed by atoms with Gasteiger partial charge in [-0.2, -0.15) is 0 Å². The molecule has 0 radical (unpaired) electrons. The first-order valence-electron chi connectivity index (χ1n) is 6.20. The molecule has 2 aromatic heterocycles. The summed E-state index contributed by atoms with van der Waals surface area (Å²) in [5, 5.41) is 0. The van der Waals surface area contributed by atoms with Crippen LogP contribution in [0.5, 0.6) is 0 Å². The predicted molar refractivity (Wildman–Crippen MR) is 91.7 cm³/mol. The van der Waals surface area contributed by atoms with E-state index >= 15 is 0 Å². The van der Waals surface area contributed by atoms with Gasteiger partial charge in [-0.15, -0.1) is 0 Å². The summed E-state index contributed by atoms with van der Waals surface area (Å²) in [6, 6.07) is 7.03. The standard InChI is InChI=1S/C6H3BrN2.C6H3N2.3CH3.Sn/c1-8-5-2-3-9-6(7)4-5;1-7-6-2-4-8-5-3-6;;;;/h2-4H;2-4H;3*1H3;. The van der Waals surface area contributed by atoms with Crippen molar-refractivity contribution in [2.75, 3.05) is 0 Å². The minimum atomic E-state index is -2.03. The van der Waals surface area contributed by atoms with Gasteiger partial charge in [0.2, 0.25) is 0 Å². The van der Waals surface area contributed by atoms with Gasteiger partial charge in [0, 0.05) is 6.20 Å². The average Bonchev–Trinajstić information content (AvgIpc) is 2.47. The van der Waals surface area contributed by atoms with Crippen LogP contribution in [0.25, 0.3) is 9.69 Å². The van der Waals surface area contributed by atoms with Crippen LogP contribution in [-0.2, 0) is 0 Å². The van der Waals surface area contributed by atoms with Gasteiger partial charge in [-0.05, 0) is 28.1 Å². The molecule has 4 nitrogen and oxygen atoms in total. The molecule has 0 aliphatic carbocycles. The quantitative estimate of drug-likeness (QED) is 0.363. The summed E-state index contributed by atoms with van der Waals surface area (Å²) in [4.78, 5) is 21.7. The van der Waals surface area contributed by atoms with Crippen LogP contribution in [0.2, 0.25) is 14.8 Å². The molecule has 0 saturated heterocycles. The molecule has 21 heavy (non-hydrogen) atoms. The van der Waals surface area contributed by atoms with Gasteiger partial charge in [0.05, 0.1) is 11.2 Å². The second kappa shape index (κ2) is 8.11. The Hall–Kier alpha value is -1.44. The molecule has 0 unspecified atom stereocenters. The molecule has 2 aromatic rings. The molecule has 2 heterocycles. The van der Waals surface area contributed by atoms with Crippen LogP contribution in [0.15, 0.2) is 41.3 Å². The summed E-state index contributed by atoms with van der Waals surface area (Å²) in [7, 11) is 0. The van der Waals surface area contributed by atoms with Crippen LogP contribution < -0.4 is 3.71 Å². The Morgan fingerprint density at radius 1 is 0.952 bits per heavy atom. The Labute approximate surface area is 137 Å². The van der Waals surface area contributed by atoms with E-state index in [4.69, 9.17) is 13.1 Å². The summed E-state index contributed by atoms with van der Waals surface area (Å²) >= 11 is 1.11. The van der Waals surface area contributed by atoms with Crippen molar-refractivity contribution in [1.29, 1.82) is 0 Å². The zero-order chi connectivity index (χ0) is 15.9. The van der Waals surface area contributed by atoms with Gasteiger partial charge in [0.25, 0.3) is 0 Å². The van der Waals surface area contributed by atoms with Crippen molar-refractivity contribution in [3.63, 3.8) is 0 Å². The minimum Gasteiger partial charge on any atom is -0.252 e. The molecule has 0 bridgehead atoms. The van der Waals surface area contributed by atoms with Crippen molar-refractivity contribution in [2.45, 2.75) is 14.8 Å². The van der Waals surface area contributed by atoms with Gasteiger partial charge >= 0.3 is 77.3 Å². The number of aromatic nitrogens is 2. The molecule has 6 heteroatoms. The monoisotopic (exact) mass is 450 g/mol. The Morgan fingerprint density at radius 3 is 1.90 bits per heavy atom. The second-order valence-corrected chi connectivity index (χ2v) is 20.3. The van der Waals surface area contributed by atoms with Crippen molar-refractivity contribution in [3.8, 4) is 0 Å². The van der Waals surface area contributed by atoms with E-state index in [2.05, 4.69) is 50.4 Å². The summed E-state index contributed by atoms with van der Waals surface area (Å²) in [5.41, 5.74) is 1.32. The minimum absolute atomic E-state index is 0.608. The molecule has 0 spiro atoms. The van der Waals surface area contributed by atoms with Gasteiger partial charge in [-0.25, -0.2) is 4.85 Å². The molecule has 0 aliphatic heterocycles. The first-order valence-corrected chi connectivity index (χ1v) is 17.0. The summed E-state index contributed by atoms with van der Waals surface area (Å²) in [6.45, 7) is 13.5. The maximum Gasteiger partial charge on any atom is 0.191 e. The Balaban J connectivity index is 0.000000219. The van der Waals surface area contributed by atoms with Crippen LogP contribution >= 0.6 is 15.9 Å². The fraction of sp³-hybridized carbons (Fsp3) is 0.200. The summed E-state index contributed by atoms with van der Waals surface area (Å²) in [6.07, 6.45) is 3.34. The maximum absolute atomic E-state index is 6.87. The average molecular weight is 450 g/mol. The van der Waals surface area contributed by atoms with Gasteiger partial charge in [0.15, 0.2) is 5.69 Å². The van der Waals surface area contributed by atoms with Gasteiger partial charge in [0.1, 0.15) is 0 Å². The first kappa shape index (κ1) is 17.6. The fourth-order valence-electron chi connectivity index (χ4n) is 1.36. The number of rotatable bonds is 1. The molecule has 0 aliphatic rings. The number of pyridine rings is 2. The molecule has 2 rings (SSSR count). The summed E-state index contributed by atoms with van der Waals surface area (Å²) in [5.74, 6) is 0. The van der Waals surface area contributed by atoms with Crippen LogP contribution in [0, 0.1) is 13.1 Å². The fourth-order valence-corrected chi connectivity index (χ4v) is 4.69. The SMILES string of the molecule is [C-]#[N+]c1ccn[c]([Sn]([CH3])([CH3])[CH3])c1.[C-]#[N+]c1ccnc(Br)c1. The molecule has 106 valence electrons. The van der Waals surface area contributed by atoms with E-state index in [-0.39, 0.29) is 0 Å². The van der Waals surface area contributed by atoms with Crippen molar-refractivity contribution in [1.82, 2.24) is 9.97 Å². The third kappa shape index (κ3) is 6.24. The third-order valence-electron chi connectivity index (χ3n) is 2.48. The van der Waals surface area contributed by atoms with Crippen LogP contribution in [-0.4, -0.2) is 28.3 Å². The summed E-state index contributed by atoms with van der Waals surface area (Å²) < 4.78 is 1.88. The van der Waals surface area contributed by atoms with E-state index in [0.29, 0.717) is 16.0 Å². The topological polar surface area (TPSA) is 34.5 Å². The van der Waals surface area contributed by atoms with E-state index in [1.54, 1.807) is 30.6 Å². The molecule has 0 N–H and O–H groups in total. The van der Waals surface area contributed by atoms with Crippen molar-refractivity contribution < 1.29 is 0 Å². The van der Waals surface area contributed by atoms with Crippen LogP contribution in [0.4, 0.5) is 11.4 Å². The normalized spacial score (nSPS) is 9.81. The third-order valence-corrected chi connectivity index (χ3v) is 8.08. The largest absolute Gasteiger partial charge is 0.252 e. The van der Waals surface area contributed by atoms with Gasteiger partial charge in [-0.3, -0.25) is 4.98 Å². The molecule has 0 saturated carbocycles. The smallest absolute Gasteiger partial charge is 0.191 e. The van der Waals surface area contributed by atoms with Crippen molar-refractivity contribution in [2.24, 2.45) is 0 Å². The van der Waals surface area contributed by atoms with Crippen LogP contribution in [0.1, 0.15) is 0 Å².